The lowest BCUT2D eigenvalue weighted by Crippen LogP contribution is -2.40. The Morgan fingerprint density at radius 3 is 2.50 bits per heavy atom. The van der Waals surface area contributed by atoms with Crippen LogP contribution in [0.15, 0.2) is 58.5 Å². The number of benzene rings is 2. The van der Waals surface area contributed by atoms with Gasteiger partial charge in [0, 0.05) is 19.2 Å². The fourth-order valence-corrected chi connectivity index (χ4v) is 4.17. The van der Waals surface area contributed by atoms with Gasteiger partial charge in [0.1, 0.15) is 5.69 Å². The third kappa shape index (κ3) is 4.35. The number of hydrazone groups is 1. The average Bonchev–Trinajstić information content (AvgIpc) is 2.73. The Morgan fingerprint density at radius 1 is 1.18 bits per heavy atom. The molecule has 0 amide bonds. The fraction of sp³-hybridized carbons (Fsp3) is 0.278. The minimum atomic E-state index is -3.82. The van der Waals surface area contributed by atoms with E-state index in [4.69, 9.17) is 4.74 Å². The van der Waals surface area contributed by atoms with E-state index in [1.807, 2.05) is 30.3 Å². The van der Waals surface area contributed by atoms with E-state index < -0.39 is 14.9 Å². The van der Waals surface area contributed by atoms with Gasteiger partial charge in [0.25, 0.3) is 5.69 Å². The van der Waals surface area contributed by atoms with Crippen LogP contribution < -0.4 is 5.43 Å². The first-order valence-corrected chi connectivity index (χ1v) is 10.1. The first-order chi connectivity index (χ1) is 13.4. The van der Waals surface area contributed by atoms with Crippen molar-refractivity contribution in [2.24, 2.45) is 5.10 Å². The predicted octanol–water partition coefficient (Wildman–Crippen LogP) is 2.45. The summed E-state index contributed by atoms with van der Waals surface area (Å²) in [6.07, 6.45) is 0. The largest absolute Gasteiger partial charge is 0.379 e. The van der Waals surface area contributed by atoms with Gasteiger partial charge < -0.3 is 4.74 Å². The van der Waals surface area contributed by atoms with Crippen molar-refractivity contribution < 1.29 is 18.1 Å². The van der Waals surface area contributed by atoms with Crippen LogP contribution in [0.1, 0.15) is 12.5 Å². The molecule has 2 aromatic carbocycles. The van der Waals surface area contributed by atoms with E-state index in [0.717, 1.165) is 11.6 Å². The van der Waals surface area contributed by atoms with Crippen LogP contribution in [0.5, 0.6) is 0 Å². The molecule has 1 heterocycles. The second kappa shape index (κ2) is 8.46. The molecule has 0 aliphatic carbocycles. The van der Waals surface area contributed by atoms with Crippen LogP contribution in [0.3, 0.4) is 0 Å². The van der Waals surface area contributed by atoms with Crippen LogP contribution in [0.25, 0.3) is 0 Å². The highest BCUT2D eigenvalue weighted by molar-refractivity contribution is 7.89. The summed E-state index contributed by atoms with van der Waals surface area (Å²) in [5.74, 6) is 0. The van der Waals surface area contributed by atoms with Crippen LogP contribution in [0.2, 0.25) is 0 Å². The van der Waals surface area contributed by atoms with Crippen LogP contribution in [-0.2, 0) is 14.8 Å². The zero-order valence-electron chi connectivity index (χ0n) is 15.2. The lowest BCUT2D eigenvalue weighted by atomic mass is 10.1. The molecule has 3 rings (SSSR count). The summed E-state index contributed by atoms with van der Waals surface area (Å²) in [6, 6.07) is 13.1. The van der Waals surface area contributed by atoms with Crippen molar-refractivity contribution >= 4 is 27.1 Å². The maximum absolute atomic E-state index is 12.7. The quantitative estimate of drug-likeness (QED) is 0.449. The van der Waals surface area contributed by atoms with E-state index in [0.29, 0.717) is 18.9 Å². The molecule has 0 bridgehead atoms. The lowest BCUT2D eigenvalue weighted by Gasteiger charge is -2.26. The minimum Gasteiger partial charge on any atom is -0.379 e. The molecule has 1 N–H and O–H groups in total. The SMILES string of the molecule is CC(=NNc1ccc(S(=O)(=O)N2CCOCC2)cc1[N+](=O)[O-])c1ccccc1. The fourth-order valence-electron chi connectivity index (χ4n) is 2.74. The number of morpholine rings is 1. The highest BCUT2D eigenvalue weighted by atomic mass is 32.2. The average molecular weight is 404 g/mol. The number of rotatable bonds is 6. The normalized spacial score (nSPS) is 16.0. The summed E-state index contributed by atoms with van der Waals surface area (Å²) in [6.45, 7) is 2.81. The van der Waals surface area contributed by atoms with Gasteiger partial charge in [-0.15, -0.1) is 0 Å². The molecule has 1 fully saturated rings. The Bertz CT molecular complexity index is 986. The molecule has 1 aliphatic rings. The zero-order chi connectivity index (χ0) is 20.1. The summed E-state index contributed by atoms with van der Waals surface area (Å²) in [4.78, 5) is 10.7. The number of ether oxygens (including phenoxy) is 1. The molecule has 0 aromatic heterocycles. The Morgan fingerprint density at radius 2 is 1.86 bits per heavy atom. The van der Waals surface area contributed by atoms with Crippen molar-refractivity contribution in [1.82, 2.24) is 4.31 Å². The topological polar surface area (TPSA) is 114 Å². The number of nitro benzene ring substituents is 1. The number of sulfonamides is 1. The Hall–Kier alpha value is -2.82. The van der Waals surface area contributed by atoms with Gasteiger partial charge in [0.05, 0.1) is 28.7 Å². The van der Waals surface area contributed by atoms with Gasteiger partial charge in [-0.05, 0) is 24.6 Å². The lowest BCUT2D eigenvalue weighted by molar-refractivity contribution is -0.384. The number of anilines is 1. The molecule has 0 unspecified atom stereocenters. The van der Waals surface area contributed by atoms with E-state index in [1.165, 1.54) is 16.4 Å². The maximum atomic E-state index is 12.7. The Kier molecular flexibility index (Phi) is 6.02. The van der Waals surface area contributed by atoms with Crippen LogP contribution in [0.4, 0.5) is 11.4 Å². The minimum absolute atomic E-state index is 0.112. The van der Waals surface area contributed by atoms with E-state index >= 15 is 0 Å². The maximum Gasteiger partial charge on any atom is 0.295 e. The zero-order valence-corrected chi connectivity index (χ0v) is 16.1. The Labute approximate surface area is 162 Å². The van der Waals surface area contributed by atoms with Crippen molar-refractivity contribution in [3.8, 4) is 0 Å². The van der Waals surface area contributed by atoms with Crippen molar-refractivity contribution in [2.45, 2.75) is 11.8 Å². The summed E-state index contributed by atoms with van der Waals surface area (Å²) in [5, 5.41) is 15.7. The molecule has 1 saturated heterocycles. The van der Waals surface area contributed by atoms with Crippen molar-refractivity contribution in [1.29, 1.82) is 0 Å². The van der Waals surface area contributed by atoms with Crippen molar-refractivity contribution in [2.75, 3.05) is 31.7 Å². The summed E-state index contributed by atoms with van der Waals surface area (Å²) in [7, 11) is -3.82. The molecule has 0 spiro atoms. The standard InChI is InChI=1S/C18H20N4O5S/c1-14(15-5-3-2-4-6-15)19-20-17-8-7-16(13-18(17)22(23)24)28(25,26)21-9-11-27-12-10-21/h2-8,13,20H,9-12H2,1H3. The first-order valence-electron chi connectivity index (χ1n) is 8.61. The van der Waals surface area contributed by atoms with E-state index in [1.54, 1.807) is 6.92 Å². The third-order valence-corrected chi connectivity index (χ3v) is 6.20. The summed E-state index contributed by atoms with van der Waals surface area (Å²) >= 11 is 0. The van der Waals surface area contributed by atoms with E-state index in [2.05, 4.69) is 10.5 Å². The molecule has 9 nitrogen and oxygen atoms in total. The van der Waals surface area contributed by atoms with Crippen LogP contribution in [-0.4, -0.2) is 49.7 Å². The van der Waals surface area contributed by atoms with Crippen LogP contribution >= 0.6 is 0 Å². The predicted molar refractivity (Wildman–Crippen MR) is 105 cm³/mol. The second-order valence-electron chi connectivity index (χ2n) is 6.13. The number of nitrogens with zero attached hydrogens (tertiary/aromatic N) is 3. The molecular weight excluding hydrogens is 384 g/mol. The summed E-state index contributed by atoms with van der Waals surface area (Å²) in [5.41, 5.74) is 3.92. The molecule has 28 heavy (non-hydrogen) atoms. The molecule has 1 aliphatic heterocycles. The van der Waals surface area contributed by atoms with Gasteiger partial charge in [0.15, 0.2) is 0 Å². The molecule has 148 valence electrons. The molecule has 2 aromatic rings. The van der Waals surface area contributed by atoms with Gasteiger partial charge >= 0.3 is 0 Å². The molecule has 10 heteroatoms. The Balaban J connectivity index is 1.88. The first kappa shape index (κ1) is 19.9. The second-order valence-corrected chi connectivity index (χ2v) is 8.07. The van der Waals surface area contributed by atoms with Crippen molar-refractivity contribution in [3.05, 3.63) is 64.2 Å². The van der Waals surface area contributed by atoms with Gasteiger partial charge in [-0.2, -0.15) is 9.41 Å². The van der Waals surface area contributed by atoms with Gasteiger partial charge in [-0.3, -0.25) is 15.5 Å². The third-order valence-electron chi connectivity index (χ3n) is 4.31. The van der Waals surface area contributed by atoms with Gasteiger partial charge in [0.2, 0.25) is 10.0 Å². The monoisotopic (exact) mass is 404 g/mol. The summed E-state index contributed by atoms with van der Waals surface area (Å²) < 4.78 is 31.9. The number of nitrogens with one attached hydrogen (secondary N) is 1. The van der Waals surface area contributed by atoms with Gasteiger partial charge in [-0.25, -0.2) is 8.42 Å². The number of hydrogen-bond donors (Lipinski definition) is 1. The smallest absolute Gasteiger partial charge is 0.295 e. The van der Waals surface area contributed by atoms with Gasteiger partial charge in [-0.1, -0.05) is 30.3 Å². The number of nitro groups is 1. The van der Waals surface area contributed by atoms with Crippen molar-refractivity contribution in [3.63, 3.8) is 0 Å². The molecular formula is C18H20N4O5S. The van der Waals surface area contributed by atoms with Crippen LogP contribution in [0, 0.1) is 10.1 Å². The van der Waals surface area contributed by atoms with E-state index in [9.17, 15) is 18.5 Å². The highest BCUT2D eigenvalue weighted by Gasteiger charge is 2.28. The molecule has 0 atom stereocenters. The molecule has 0 saturated carbocycles. The highest BCUT2D eigenvalue weighted by Crippen LogP contribution is 2.29. The number of hydrogen-bond acceptors (Lipinski definition) is 7. The molecule has 0 radical (unpaired) electrons. The van der Waals surface area contributed by atoms with E-state index in [-0.39, 0.29) is 29.4 Å².